The fourth-order valence-electron chi connectivity index (χ4n) is 6.08. The van der Waals surface area contributed by atoms with E-state index in [2.05, 4.69) is 42.9 Å². The van der Waals surface area contributed by atoms with Crippen LogP contribution in [0.25, 0.3) is 0 Å². The Bertz CT molecular complexity index is 2340. The number of rotatable bonds is 18. The molecule has 5 aromatic carbocycles. The summed E-state index contributed by atoms with van der Waals surface area (Å²) in [6, 6.07) is 44.7. The number of carbonyl (C=O) groups is 1. The lowest BCUT2D eigenvalue weighted by molar-refractivity contribution is 0.0958. The van der Waals surface area contributed by atoms with Crippen LogP contribution in [0, 0.1) is 0 Å². The minimum absolute atomic E-state index is 0.0601. The quantitative estimate of drug-likeness (QED) is 0.0441. The maximum absolute atomic E-state index is 14.2. The molecular weight excluding hydrogens is 703 g/mol. The summed E-state index contributed by atoms with van der Waals surface area (Å²) < 4.78 is 15.6. The van der Waals surface area contributed by atoms with Crippen molar-refractivity contribution in [3.8, 4) is 11.5 Å². The van der Waals surface area contributed by atoms with Crippen molar-refractivity contribution in [3.63, 3.8) is 0 Å². The highest BCUT2D eigenvalue weighted by Crippen LogP contribution is 2.28. The number of carbonyl (C=O) groups excluding carboxylic acids is 1. The zero-order valence-electron chi connectivity index (χ0n) is 30.7. The van der Waals surface area contributed by atoms with Crippen molar-refractivity contribution in [3.05, 3.63) is 191 Å². The number of nitrogens with zero attached hydrogens (tertiary/aromatic N) is 8. The molecule has 12 heteroatoms. The highest BCUT2D eigenvalue weighted by molar-refractivity contribution is 6.31. The largest absolute Gasteiger partial charge is 0.487 e. The summed E-state index contributed by atoms with van der Waals surface area (Å²) in [6.07, 6.45) is 5.74. The van der Waals surface area contributed by atoms with Gasteiger partial charge >= 0.3 is 0 Å². The Morgan fingerprint density at radius 2 is 1.20 bits per heavy atom. The zero-order valence-corrected chi connectivity index (χ0v) is 30.7. The zero-order chi connectivity index (χ0) is 38.4. The van der Waals surface area contributed by atoms with E-state index in [0.717, 1.165) is 22.3 Å². The monoisotopic (exact) mass is 743 g/mol. The topological polar surface area (TPSA) is 148 Å². The average Bonchev–Trinajstić information content (AvgIpc) is 3.90. The molecule has 7 aromatic rings. The molecule has 0 saturated heterocycles. The summed E-state index contributed by atoms with van der Waals surface area (Å²) in [7, 11) is 0. The van der Waals surface area contributed by atoms with E-state index in [-0.39, 0.29) is 19.0 Å². The van der Waals surface area contributed by atoms with E-state index in [1.165, 1.54) is 0 Å². The molecule has 0 spiro atoms. The van der Waals surface area contributed by atoms with Crippen LogP contribution in [-0.4, -0.2) is 54.3 Å². The molecule has 0 radical (unpaired) electrons. The lowest BCUT2D eigenvalue weighted by Gasteiger charge is -2.16. The molecular formula is C44H41N9O3. The first-order chi connectivity index (χ1) is 27.6. The van der Waals surface area contributed by atoms with E-state index in [4.69, 9.17) is 15.3 Å². The van der Waals surface area contributed by atoms with Gasteiger partial charge in [0.1, 0.15) is 36.1 Å². The first-order valence-corrected chi connectivity index (χ1v) is 18.2. The number of aliphatic imine (C=N–C) groups is 1. The molecule has 12 nitrogen and oxygen atoms in total. The molecule has 0 saturated carbocycles. The van der Waals surface area contributed by atoms with Gasteiger partial charge in [-0.25, -0.2) is 9.36 Å². The van der Waals surface area contributed by atoms with Gasteiger partial charge in [-0.15, -0.1) is 10.2 Å². The SMILES string of the molecule is N/N=C(\C=NCc1ccccc1)COc1ccc(C(=O)C(Cc2cn(Cc3ccccc3)nn2)c2ccc(OCc3cn(Cc4ccccc4)nn3)cc2)cc1. The molecule has 0 aliphatic heterocycles. The van der Waals surface area contributed by atoms with Crippen molar-refractivity contribution in [2.45, 2.75) is 38.6 Å². The van der Waals surface area contributed by atoms with Gasteiger partial charge in [-0.3, -0.25) is 9.79 Å². The van der Waals surface area contributed by atoms with Crippen LogP contribution in [0.3, 0.4) is 0 Å². The molecule has 0 fully saturated rings. The molecule has 2 N–H and O–H groups in total. The summed E-state index contributed by atoms with van der Waals surface area (Å²) in [4.78, 5) is 18.7. The minimum atomic E-state index is -0.535. The standard InChI is InChI=1S/C44H41N9O3/c45-47-39(26-46-25-33-10-4-1-5-11-33)31-55-42-22-18-37(19-23-42)44(54)43(24-38-29-52(50-48-38)27-34-12-6-2-7-13-34)36-16-20-41(21-17-36)56-32-40-30-53(51-49-40)28-35-14-8-3-9-15-35/h1-23,26,29-30,43H,24-25,27-28,31-32,45H2/b46-26?,47-39+. The van der Waals surface area contributed by atoms with Crippen molar-refractivity contribution < 1.29 is 14.3 Å². The lowest BCUT2D eigenvalue weighted by atomic mass is 9.87. The van der Waals surface area contributed by atoms with E-state index >= 15 is 0 Å². The van der Waals surface area contributed by atoms with Gasteiger partial charge in [-0.1, -0.05) is 114 Å². The summed E-state index contributed by atoms with van der Waals surface area (Å²) in [5.41, 5.74) is 6.60. The highest BCUT2D eigenvalue weighted by Gasteiger charge is 2.24. The Kier molecular flexibility index (Phi) is 12.4. The van der Waals surface area contributed by atoms with Crippen molar-refractivity contribution in [1.29, 1.82) is 0 Å². The molecule has 1 atom stereocenters. The van der Waals surface area contributed by atoms with Crippen LogP contribution in [-0.2, 0) is 32.7 Å². The van der Waals surface area contributed by atoms with Crippen LogP contribution in [0.4, 0.5) is 0 Å². The molecule has 2 aromatic heterocycles. The molecule has 0 aliphatic rings. The van der Waals surface area contributed by atoms with E-state index in [1.54, 1.807) is 39.8 Å². The van der Waals surface area contributed by atoms with E-state index in [0.29, 0.717) is 60.2 Å². The summed E-state index contributed by atoms with van der Waals surface area (Å²) in [5.74, 6) is 6.22. The van der Waals surface area contributed by atoms with Crippen molar-refractivity contribution in [1.82, 2.24) is 30.0 Å². The van der Waals surface area contributed by atoms with Gasteiger partial charge in [0, 0.05) is 24.4 Å². The van der Waals surface area contributed by atoms with Crippen molar-refractivity contribution >= 4 is 17.7 Å². The van der Waals surface area contributed by atoms with Crippen LogP contribution < -0.4 is 15.3 Å². The predicted octanol–water partition coefficient (Wildman–Crippen LogP) is 6.72. The first kappa shape index (κ1) is 37.1. The molecule has 0 aliphatic carbocycles. The Hall–Kier alpha value is -7.21. The number of hydrogen-bond donors (Lipinski definition) is 1. The molecule has 56 heavy (non-hydrogen) atoms. The van der Waals surface area contributed by atoms with Crippen LogP contribution in [0.5, 0.6) is 11.5 Å². The van der Waals surface area contributed by atoms with Gasteiger partial charge in [0.25, 0.3) is 0 Å². The van der Waals surface area contributed by atoms with E-state index in [1.807, 2.05) is 116 Å². The molecule has 280 valence electrons. The normalized spacial score (nSPS) is 12.1. The van der Waals surface area contributed by atoms with Crippen molar-refractivity contribution in [2.75, 3.05) is 6.61 Å². The fraction of sp³-hybridized carbons (Fsp3) is 0.159. The Morgan fingerprint density at radius 3 is 1.80 bits per heavy atom. The number of benzene rings is 5. The summed E-state index contributed by atoms with van der Waals surface area (Å²) >= 11 is 0. The lowest BCUT2D eigenvalue weighted by Crippen LogP contribution is -2.17. The molecule has 0 amide bonds. The van der Waals surface area contributed by atoms with Gasteiger partial charge in [0.05, 0.1) is 37.4 Å². The maximum Gasteiger partial charge on any atom is 0.170 e. The van der Waals surface area contributed by atoms with Gasteiger partial charge < -0.3 is 15.3 Å². The Morgan fingerprint density at radius 1 is 0.661 bits per heavy atom. The van der Waals surface area contributed by atoms with Crippen LogP contribution in [0.2, 0.25) is 0 Å². The number of Topliss-reactive ketones (excluding diaryl/α,β-unsaturated/α-hetero) is 1. The first-order valence-electron chi connectivity index (χ1n) is 18.2. The number of ketones is 1. The number of ether oxygens (including phenoxy) is 2. The second-order valence-electron chi connectivity index (χ2n) is 13.2. The number of nitrogens with two attached hydrogens (primary N) is 1. The maximum atomic E-state index is 14.2. The number of hydrazone groups is 1. The molecule has 7 rings (SSSR count). The summed E-state index contributed by atoms with van der Waals surface area (Å²) in [6.45, 7) is 2.10. The number of hydrogen-bond acceptors (Lipinski definition) is 10. The summed E-state index contributed by atoms with van der Waals surface area (Å²) in [5, 5.41) is 21.1. The van der Waals surface area contributed by atoms with Gasteiger partial charge in [0.2, 0.25) is 0 Å². The minimum Gasteiger partial charge on any atom is -0.487 e. The van der Waals surface area contributed by atoms with Gasteiger partial charge in [-0.05, 0) is 58.7 Å². The third-order valence-electron chi connectivity index (χ3n) is 8.99. The third-order valence-corrected chi connectivity index (χ3v) is 8.99. The highest BCUT2D eigenvalue weighted by atomic mass is 16.5. The average molecular weight is 744 g/mol. The molecule has 0 bridgehead atoms. The van der Waals surface area contributed by atoms with E-state index < -0.39 is 5.92 Å². The van der Waals surface area contributed by atoms with Crippen molar-refractivity contribution in [2.24, 2.45) is 15.9 Å². The van der Waals surface area contributed by atoms with Gasteiger partial charge in [0.15, 0.2) is 5.78 Å². The smallest absolute Gasteiger partial charge is 0.170 e. The van der Waals surface area contributed by atoms with Gasteiger partial charge in [-0.2, -0.15) is 5.10 Å². The fourth-order valence-corrected chi connectivity index (χ4v) is 6.08. The van der Waals surface area contributed by atoms with Crippen LogP contribution in [0.1, 0.15) is 49.9 Å². The van der Waals surface area contributed by atoms with E-state index in [9.17, 15) is 4.79 Å². The number of aromatic nitrogens is 6. The predicted molar refractivity (Wildman–Crippen MR) is 215 cm³/mol. The Balaban J connectivity index is 1.01. The second kappa shape index (κ2) is 18.7. The van der Waals surface area contributed by atoms with Crippen LogP contribution >= 0.6 is 0 Å². The second-order valence-corrected chi connectivity index (χ2v) is 13.2. The molecule has 2 heterocycles. The van der Waals surface area contributed by atoms with Crippen LogP contribution in [0.15, 0.2) is 162 Å². The third kappa shape index (κ3) is 10.5. The molecule has 1 unspecified atom stereocenters. The Labute approximate surface area is 325 Å².